The van der Waals surface area contributed by atoms with Gasteiger partial charge in [-0.15, -0.1) is 0 Å². The van der Waals surface area contributed by atoms with Gasteiger partial charge in [0.1, 0.15) is 5.75 Å². The molecule has 0 spiro atoms. The molecule has 1 aromatic rings. The fraction of sp³-hybridized carbons (Fsp3) is 0.417. The van der Waals surface area contributed by atoms with Gasteiger partial charge in [-0.3, -0.25) is 0 Å². The van der Waals surface area contributed by atoms with E-state index in [0.29, 0.717) is 11.0 Å². The Morgan fingerprint density at radius 1 is 1.47 bits per heavy atom. The van der Waals surface area contributed by atoms with Crippen molar-refractivity contribution in [3.05, 3.63) is 29.8 Å². The molecule has 15 heavy (non-hydrogen) atoms. The fourth-order valence-corrected chi connectivity index (χ4v) is 2.11. The highest BCUT2D eigenvalue weighted by Gasteiger charge is 2.42. The third-order valence-electron chi connectivity index (χ3n) is 2.75. The first-order valence-electron chi connectivity index (χ1n) is 4.97. The van der Waals surface area contributed by atoms with Crippen molar-refractivity contribution in [2.75, 3.05) is 11.9 Å². The maximum Gasteiger partial charge on any atom is 0.120 e. The van der Waals surface area contributed by atoms with E-state index in [1.165, 1.54) is 12.8 Å². The molecule has 0 heterocycles. The van der Waals surface area contributed by atoms with E-state index in [9.17, 15) is 0 Å². The Morgan fingerprint density at radius 3 is 2.87 bits per heavy atom. The molecule has 1 aliphatic rings. The first-order valence-corrected chi connectivity index (χ1v) is 6.09. The van der Waals surface area contributed by atoms with Crippen molar-refractivity contribution < 1.29 is 4.74 Å². The lowest BCUT2D eigenvalue weighted by molar-refractivity contribution is 0.251. The highest BCUT2D eigenvalue weighted by atomic mass is 79.9. The molecule has 0 radical (unpaired) electrons. The maximum absolute atomic E-state index is 8.74. The summed E-state index contributed by atoms with van der Waals surface area (Å²) < 4.78 is 5.69. The number of nitriles is 1. The Hall–Kier alpha value is -1.01. The van der Waals surface area contributed by atoms with Crippen LogP contribution in [0, 0.1) is 16.7 Å². The highest BCUT2D eigenvalue weighted by molar-refractivity contribution is 9.09. The molecule has 1 saturated carbocycles. The zero-order valence-electron chi connectivity index (χ0n) is 8.37. The second-order valence-corrected chi connectivity index (χ2v) is 4.62. The first kappa shape index (κ1) is 10.5. The minimum absolute atomic E-state index is 0.350. The van der Waals surface area contributed by atoms with Gasteiger partial charge in [0.25, 0.3) is 0 Å². The van der Waals surface area contributed by atoms with Gasteiger partial charge in [0, 0.05) is 10.7 Å². The van der Waals surface area contributed by atoms with E-state index in [2.05, 4.69) is 22.0 Å². The van der Waals surface area contributed by atoms with E-state index in [-0.39, 0.29) is 0 Å². The minimum Gasteiger partial charge on any atom is -0.493 e. The molecule has 1 aliphatic carbocycles. The van der Waals surface area contributed by atoms with Crippen LogP contribution < -0.4 is 4.74 Å². The van der Waals surface area contributed by atoms with Crippen LogP contribution in [0.25, 0.3) is 0 Å². The molecular weight excluding hydrogens is 254 g/mol. The zero-order chi connectivity index (χ0) is 10.7. The van der Waals surface area contributed by atoms with Crippen molar-refractivity contribution >= 4 is 15.9 Å². The van der Waals surface area contributed by atoms with Gasteiger partial charge in [0.15, 0.2) is 0 Å². The fourth-order valence-electron chi connectivity index (χ4n) is 1.39. The topological polar surface area (TPSA) is 33.0 Å². The molecule has 0 saturated heterocycles. The van der Waals surface area contributed by atoms with Crippen LogP contribution >= 0.6 is 15.9 Å². The summed E-state index contributed by atoms with van der Waals surface area (Å²) in [6.07, 6.45) is 2.46. The van der Waals surface area contributed by atoms with Gasteiger partial charge in [0.05, 0.1) is 18.2 Å². The molecule has 1 fully saturated rings. The van der Waals surface area contributed by atoms with Crippen LogP contribution in [-0.4, -0.2) is 11.9 Å². The van der Waals surface area contributed by atoms with Crippen LogP contribution in [-0.2, 0) is 0 Å². The summed E-state index contributed by atoms with van der Waals surface area (Å²) in [6, 6.07) is 9.41. The number of hydrogen-bond acceptors (Lipinski definition) is 2. The van der Waals surface area contributed by atoms with Crippen LogP contribution in [0.2, 0.25) is 0 Å². The summed E-state index contributed by atoms with van der Waals surface area (Å²) in [7, 11) is 0. The Bertz CT molecular complexity index is 393. The summed E-state index contributed by atoms with van der Waals surface area (Å²) in [6.45, 7) is 0.743. The van der Waals surface area contributed by atoms with E-state index >= 15 is 0 Å². The number of hydrogen-bond donors (Lipinski definition) is 0. The third-order valence-corrected chi connectivity index (χ3v) is 3.94. The number of benzene rings is 1. The molecule has 0 bridgehead atoms. The third kappa shape index (κ3) is 2.51. The molecule has 0 N–H and O–H groups in total. The van der Waals surface area contributed by atoms with Crippen LogP contribution in [0.15, 0.2) is 24.3 Å². The lowest BCUT2D eigenvalue weighted by Crippen LogP contribution is -2.14. The molecule has 2 rings (SSSR count). The van der Waals surface area contributed by atoms with Gasteiger partial charge >= 0.3 is 0 Å². The number of ether oxygens (including phenoxy) is 1. The summed E-state index contributed by atoms with van der Waals surface area (Å²) in [5, 5.41) is 9.73. The van der Waals surface area contributed by atoms with Gasteiger partial charge < -0.3 is 4.74 Å². The number of halogens is 1. The molecular formula is C12H12BrNO. The monoisotopic (exact) mass is 265 g/mol. The molecule has 2 nitrogen and oxygen atoms in total. The lowest BCUT2D eigenvalue weighted by Gasteiger charge is -2.13. The molecule has 0 amide bonds. The smallest absolute Gasteiger partial charge is 0.120 e. The summed E-state index contributed by atoms with van der Waals surface area (Å²) in [4.78, 5) is 0. The molecule has 0 aliphatic heterocycles. The standard InChI is InChI=1S/C12H12BrNO/c13-8-12(4-5-12)9-15-11-3-1-2-10(6-11)7-14/h1-3,6H,4-5,8-9H2. The predicted molar refractivity (Wildman–Crippen MR) is 62.1 cm³/mol. The van der Waals surface area contributed by atoms with Crippen molar-refractivity contribution in [1.29, 1.82) is 5.26 Å². The normalized spacial score (nSPS) is 16.8. The largest absolute Gasteiger partial charge is 0.493 e. The van der Waals surface area contributed by atoms with E-state index < -0.39 is 0 Å². The summed E-state index contributed by atoms with van der Waals surface area (Å²) >= 11 is 3.50. The average Bonchev–Trinajstić information content (AvgIpc) is 3.07. The second-order valence-electron chi connectivity index (χ2n) is 4.06. The first-order chi connectivity index (χ1) is 7.28. The predicted octanol–water partition coefficient (Wildman–Crippen LogP) is 3.11. The SMILES string of the molecule is N#Cc1cccc(OCC2(CBr)CC2)c1. The van der Waals surface area contributed by atoms with E-state index in [4.69, 9.17) is 10.00 Å². The van der Waals surface area contributed by atoms with Crippen LogP contribution in [0.1, 0.15) is 18.4 Å². The molecule has 78 valence electrons. The van der Waals surface area contributed by atoms with Gasteiger partial charge in [0.2, 0.25) is 0 Å². The molecule has 1 aromatic carbocycles. The summed E-state index contributed by atoms with van der Waals surface area (Å²) in [5.74, 6) is 0.793. The van der Waals surface area contributed by atoms with Gasteiger partial charge in [-0.1, -0.05) is 22.0 Å². The lowest BCUT2D eigenvalue weighted by atomic mass is 10.2. The van der Waals surface area contributed by atoms with Crippen molar-refractivity contribution in [2.45, 2.75) is 12.8 Å². The van der Waals surface area contributed by atoms with E-state index in [1.807, 2.05) is 12.1 Å². The van der Waals surface area contributed by atoms with Crippen LogP contribution in [0.4, 0.5) is 0 Å². The van der Waals surface area contributed by atoms with E-state index in [0.717, 1.165) is 17.7 Å². The molecule has 3 heteroatoms. The second kappa shape index (κ2) is 4.24. The van der Waals surface area contributed by atoms with Crippen molar-refractivity contribution in [3.63, 3.8) is 0 Å². The minimum atomic E-state index is 0.350. The average molecular weight is 266 g/mol. The number of rotatable bonds is 4. The Labute approximate surface area is 98.0 Å². The number of alkyl halides is 1. The van der Waals surface area contributed by atoms with Crippen LogP contribution in [0.5, 0.6) is 5.75 Å². The highest BCUT2D eigenvalue weighted by Crippen LogP contribution is 2.47. The Balaban J connectivity index is 1.96. The van der Waals surface area contributed by atoms with Gasteiger partial charge in [-0.2, -0.15) is 5.26 Å². The maximum atomic E-state index is 8.74. The molecule has 0 aromatic heterocycles. The van der Waals surface area contributed by atoms with Crippen LogP contribution in [0.3, 0.4) is 0 Å². The Morgan fingerprint density at radius 2 is 2.27 bits per heavy atom. The molecule has 0 atom stereocenters. The van der Waals surface area contributed by atoms with Crippen molar-refractivity contribution in [2.24, 2.45) is 5.41 Å². The van der Waals surface area contributed by atoms with Gasteiger partial charge in [-0.25, -0.2) is 0 Å². The Kier molecular flexibility index (Phi) is 2.97. The van der Waals surface area contributed by atoms with Crippen molar-refractivity contribution in [1.82, 2.24) is 0 Å². The quantitative estimate of drug-likeness (QED) is 0.784. The molecule has 0 unspecified atom stereocenters. The summed E-state index contributed by atoms with van der Waals surface area (Å²) in [5.41, 5.74) is 0.999. The van der Waals surface area contributed by atoms with Gasteiger partial charge in [-0.05, 0) is 31.0 Å². The number of nitrogens with zero attached hydrogens (tertiary/aromatic N) is 1. The van der Waals surface area contributed by atoms with Crippen molar-refractivity contribution in [3.8, 4) is 11.8 Å². The zero-order valence-corrected chi connectivity index (χ0v) is 9.96. The van der Waals surface area contributed by atoms with E-state index in [1.54, 1.807) is 12.1 Å².